The zero-order chi connectivity index (χ0) is 10.9. The Balaban J connectivity index is 2.30. The number of nitrogens with one attached hydrogen (secondary N) is 1. The van der Waals surface area contributed by atoms with Gasteiger partial charge in [-0.15, -0.1) is 6.58 Å². The molecule has 80 valence electrons. The topological polar surface area (TPSA) is 12.0 Å². The molecule has 0 heterocycles. The maximum absolute atomic E-state index is 3.76. The van der Waals surface area contributed by atoms with E-state index in [1.165, 1.54) is 11.1 Å². The Morgan fingerprint density at radius 2 is 2.20 bits per heavy atom. The maximum Gasteiger partial charge on any atom is 0.0380 e. The third-order valence-electron chi connectivity index (χ3n) is 3.26. The molecule has 0 spiro atoms. The van der Waals surface area contributed by atoms with Crippen LogP contribution >= 0.6 is 0 Å². The highest BCUT2D eigenvalue weighted by Crippen LogP contribution is 2.44. The number of benzene rings is 1. The van der Waals surface area contributed by atoms with Gasteiger partial charge in [0.15, 0.2) is 0 Å². The second-order valence-corrected chi connectivity index (χ2v) is 4.99. The fourth-order valence-electron chi connectivity index (χ4n) is 2.58. The first-order valence-electron chi connectivity index (χ1n) is 5.57. The smallest absolute Gasteiger partial charge is 0.0380 e. The van der Waals surface area contributed by atoms with Gasteiger partial charge in [-0.25, -0.2) is 0 Å². The van der Waals surface area contributed by atoms with Crippen LogP contribution in [0.15, 0.2) is 36.9 Å². The number of fused-ring (bicyclic) bond motifs is 1. The van der Waals surface area contributed by atoms with Crippen LogP contribution in [0.1, 0.15) is 31.0 Å². The highest BCUT2D eigenvalue weighted by atomic mass is 14.9. The predicted octanol–water partition coefficient (Wildman–Crippen LogP) is 3.09. The first kappa shape index (κ1) is 10.4. The summed E-state index contributed by atoms with van der Waals surface area (Å²) in [4.78, 5) is 0. The Kier molecular flexibility index (Phi) is 2.66. The molecule has 15 heavy (non-hydrogen) atoms. The van der Waals surface area contributed by atoms with Crippen LogP contribution in [-0.4, -0.2) is 6.54 Å². The Morgan fingerprint density at radius 3 is 2.93 bits per heavy atom. The predicted molar refractivity (Wildman–Crippen MR) is 64.9 cm³/mol. The van der Waals surface area contributed by atoms with Gasteiger partial charge in [0.2, 0.25) is 0 Å². The van der Waals surface area contributed by atoms with Crippen LogP contribution in [-0.2, 0) is 6.42 Å². The lowest BCUT2D eigenvalue weighted by Gasteiger charge is -2.28. The highest BCUT2D eigenvalue weighted by Gasteiger charge is 2.37. The van der Waals surface area contributed by atoms with E-state index in [-0.39, 0.29) is 0 Å². The fraction of sp³-hybridized carbons (Fsp3) is 0.429. The van der Waals surface area contributed by atoms with Crippen molar-refractivity contribution in [3.8, 4) is 0 Å². The third-order valence-corrected chi connectivity index (χ3v) is 3.26. The molecule has 0 aromatic heterocycles. The normalized spacial score (nSPS) is 22.4. The van der Waals surface area contributed by atoms with Crippen LogP contribution in [0.3, 0.4) is 0 Å². The summed E-state index contributed by atoms with van der Waals surface area (Å²) in [6.07, 6.45) is 3.09. The Bertz CT molecular complexity index is 365. The van der Waals surface area contributed by atoms with Crippen LogP contribution in [0.25, 0.3) is 0 Å². The SMILES string of the molecule is C=CCNC1c2ccccc2CC1(C)C. The van der Waals surface area contributed by atoms with E-state index < -0.39 is 0 Å². The molecule has 0 fully saturated rings. The molecule has 0 bridgehead atoms. The first-order valence-corrected chi connectivity index (χ1v) is 5.57. The Labute approximate surface area is 92.2 Å². The molecule has 1 unspecified atom stereocenters. The Hall–Kier alpha value is -1.08. The van der Waals surface area contributed by atoms with Crippen molar-refractivity contribution in [2.45, 2.75) is 26.3 Å². The quantitative estimate of drug-likeness (QED) is 0.741. The van der Waals surface area contributed by atoms with Crippen LogP contribution in [0.2, 0.25) is 0 Å². The summed E-state index contributed by atoms with van der Waals surface area (Å²) in [6, 6.07) is 9.21. The summed E-state index contributed by atoms with van der Waals surface area (Å²) in [5, 5.41) is 3.56. The maximum atomic E-state index is 3.76. The minimum atomic E-state index is 0.312. The van der Waals surface area contributed by atoms with Crippen LogP contribution in [0, 0.1) is 5.41 Å². The van der Waals surface area contributed by atoms with Gasteiger partial charge in [-0.1, -0.05) is 44.2 Å². The number of hydrogen-bond donors (Lipinski definition) is 1. The molecular weight excluding hydrogens is 182 g/mol. The minimum Gasteiger partial charge on any atom is -0.306 e. The van der Waals surface area contributed by atoms with E-state index in [9.17, 15) is 0 Å². The van der Waals surface area contributed by atoms with E-state index in [1.807, 2.05) is 6.08 Å². The first-order chi connectivity index (χ1) is 7.15. The molecule has 0 saturated heterocycles. The monoisotopic (exact) mass is 201 g/mol. The van der Waals surface area contributed by atoms with E-state index in [1.54, 1.807) is 0 Å². The molecule has 0 aliphatic heterocycles. The van der Waals surface area contributed by atoms with Gasteiger partial charge in [-0.05, 0) is 23.0 Å². The van der Waals surface area contributed by atoms with Crippen molar-refractivity contribution in [3.63, 3.8) is 0 Å². The van der Waals surface area contributed by atoms with Gasteiger partial charge < -0.3 is 5.32 Å². The fourth-order valence-corrected chi connectivity index (χ4v) is 2.58. The molecule has 2 rings (SSSR count). The van der Waals surface area contributed by atoms with Crippen LogP contribution in [0.4, 0.5) is 0 Å². The van der Waals surface area contributed by atoms with Crippen molar-refractivity contribution in [3.05, 3.63) is 48.0 Å². The number of rotatable bonds is 3. The van der Waals surface area contributed by atoms with Crippen molar-refractivity contribution >= 4 is 0 Å². The summed E-state index contributed by atoms with van der Waals surface area (Å²) < 4.78 is 0. The second-order valence-electron chi connectivity index (χ2n) is 4.99. The molecular formula is C14H19N. The molecule has 1 aromatic carbocycles. The van der Waals surface area contributed by atoms with E-state index in [0.717, 1.165) is 13.0 Å². The Morgan fingerprint density at radius 1 is 1.47 bits per heavy atom. The van der Waals surface area contributed by atoms with Crippen molar-refractivity contribution in [2.75, 3.05) is 6.54 Å². The van der Waals surface area contributed by atoms with Crippen molar-refractivity contribution in [1.29, 1.82) is 0 Å². The van der Waals surface area contributed by atoms with Gasteiger partial charge in [0.25, 0.3) is 0 Å². The average Bonchev–Trinajstić information content (AvgIpc) is 2.45. The van der Waals surface area contributed by atoms with Crippen molar-refractivity contribution in [1.82, 2.24) is 5.32 Å². The van der Waals surface area contributed by atoms with Gasteiger partial charge in [0, 0.05) is 12.6 Å². The van der Waals surface area contributed by atoms with Gasteiger partial charge in [-0.2, -0.15) is 0 Å². The lowest BCUT2D eigenvalue weighted by atomic mass is 9.85. The molecule has 0 amide bonds. The standard InChI is InChI=1S/C14H19N/c1-4-9-15-13-12-8-6-5-7-11(12)10-14(13,2)3/h4-8,13,15H,1,9-10H2,2-3H3. The molecule has 1 aromatic rings. The van der Waals surface area contributed by atoms with Crippen molar-refractivity contribution < 1.29 is 0 Å². The summed E-state index contributed by atoms with van der Waals surface area (Å²) in [5.74, 6) is 0. The largest absolute Gasteiger partial charge is 0.306 e. The van der Waals surface area contributed by atoms with E-state index in [2.05, 4.69) is 50.0 Å². The lowest BCUT2D eigenvalue weighted by molar-refractivity contribution is 0.276. The molecule has 0 saturated carbocycles. The van der Waals surface area contributed by atoms with E-state index in [0.29, 0.717) is 11.5 Å². The zero-order valence-electron chi connectivity index (χ0n) is 9.59. The summed E-state index contributed by atoms with van der Waals surface area (Å²) >= 11 is 0. The third kappa shape index (κ3) is 1.84. The minimum absolute atomic E-state index is 0.312. The van der Waals surface area contributed by atoms with Crippen LogP contribution in [0.5, 0.6) is 0 Å². The van der Waals surface area contributed by atoms with Gasteiger partial charge in [0.05, 0.1) is 0 Å². The van der Waals surface area contributed by atoms with Crippen molar-refractivity contribution in [2.24, 2.45) is 5.41 Å². The van der Waals surface area contributed by atoms with Gasteiger partial charge in [0.1, 0.15) is 0 Å². The molecule has 1 nitrogen and oxygen atoms in total. The van der Waals surface area contributed by atoms with Crippen LogP contribution < -0.4 is 5.32 Å². The lowest BCUT2D eigenvalue weighted by Crippen LogP contribution is -2.31. The molecule has 1 aliphatic rings. The molecule has 1 aliphatic carbocycles. The molecule has 0 radical (unpaired) electrons. The van der Waals surface area contributed by atoms with Gasteiger partial charge in [-0.3, -0.25) is 0 Å². The van der Waals surface area contributed by atoms with E-state index in [4.69, 9.17) is 0 Å². The zero-order valence-corrected chi connectivity index (χ0v) is 9.59. The summed E-state index contributed by atoms with van der Waals surface area (Å²) in [6.45, 7) is 9.29. The molecule has 1 N–H and O–H groups in total. The summed E-state index contributed by atoms with van der Waals surface area (Å²) in [7, 11) is 0. The van der Waals surface area contributed by atoms with E-state index >= 15 is 0 Å². The highest BCUT2D eigenvalue weighted by molar-refractivity contribution is 5.37. The summed E-state index contributed by atoms with van der Waals surface area (Å²) in [5.41, 5.74) is 3.26. The molecule has 1 heteroatoms. The number of hydrogen-bond acceptors (Lipinski definition) is 1. The average molecular weight is 201 g/mol. The molecule has 1 atom stereocenters. The van der Waals surface area contributed by atoms with Gasteiger partial charge >= 0.3 is 0 Å². The second kappa shape index (κ2) is 3.82.